The summed E-state index contributed by atoms with van der Waals surface area (Å²) >= 11 is 1.36. The summed E-state index contributed by atoms with van der Waals surface area (Å²) in [5.74, 6) is 0.884. The molecular formula is C26H21FN2O3S. The topological polar surface area (TPSA) is 60.5 Å². The molecule has 1 amide bonds. The molecule has 5 nitrogen and oxygen atoms in total. The van der Waals surface area contributed by atoms with E-state index in [1.54, 1.807) is 37.5 Å². The van der Waals surface area contributed by atoms with Gasteiger partial charge >= 0.3 is 0 Å². The predicted molar refractivity (Wildman–Crippen MR) is 129 cm³/mol. The average Bonchev–Trinajstić information content (AvgIpc) is 3.30. The van der Waals surface area contributed by atoms with Gasteiger partial charge in [0.15, 0.2) is 5.13 Å². The minimum atomic E-state index is -0.287. The lowest BCUT2D eigenvalue weighted by Gasteiger charge is -2.06. The van der Waals surface area contributed by atoms with Crippen LogP contribution in [0.15, 0.2) is 84.3 Å². The average molecular weight is 461 g/mol. The molecule has 0 aliphatic carbocycles. The van der Waals surface area contributed by atoms with Crippen LogP contribution in [0.25, 0.3) is 17.3 Å². The number of amides is 1. The zero-order valence-electron chi connectivity index (χ0n) is 17.8. The van der Waals surface area contributed by atoms with Crippen molar-refractivity contribution in [3.63, 3.8) is 0 Å². The minimum absolute atomic E-state index is 0.267. The molecule has 3 aromatic carbocycles. The van der Waals surface area contributed by atoms with Crippen LogP contribution in [0.2, 0.25) is 0 Å². The molecule has 0 spiro atoms. The zero-order valence-corrected chi connectivity index (χ0v) is 18.6. The van der Waals surface area contributed by atoms with Crippen molar-refractivity contribution in [3.05, 3.63) is 101 Å². The number of nitrogens with one attached hydrogen (secondary N) is 1. The Morgan fingerprint density at radius 2 is 1.82 bits per heavy atom. The van der Waals surface area contributed by atoms with Gasteiger partial charge in [0.25, 0.3) is 0 Å². The molecule has 0 saturated carbocycles. The molecule has 33 heavy (non-hydrogen) atoms. The summed E-state index contributed by atoms with van der Waals surface area (Å²) in [4.78, 5) is 16.7. The number of carbonyl (C=O) groups is 1. The first-order valence-electron chi connectivity index (χ1n) is 10.2. The number of hydrogen-bond donors (Lipinski definition) is 1. The lowest BCUT2D eigenvalue weighted by Crippen LogP contribution is -2.07. The van der Waals surface area contributed by atoms with Gasteiger partial charge in [0.05, 0.1) is 12.8 Å². The van der Waals surface area contributed by atoms with Crippen molar-refractivity contribution >= 4 is 28.5 Å². The van der Waals surface area contributed by atoms with Gasteiger partial charge in [-0.05, 0) is 65.7 Å². The number of halogens is 1. The van der Waals surface area contributed by atoms with Crippen LogP contribution in [0.3, 0.4) is 0 Å². The first kappa shape index (κ1) is 22.2. The fourth-order valence-electron chi connectivity index (χ4n) is 3.01. The van der Waals surface area contributed by atoms with Crippen LogP contribution in [-0.4, -0.2) is 18.0 Å². The highest BCUT2D eigenvalue weighted by atomic mass is 32.1. The highest BCUT2D eigenvalue weighted by Gasteiger charge is 2.07. The number of benzene rings is 3. The maximum absolute atomic E-state index is 13.2. The Hall–Kier alpha value is -3.97. The Kier molecular flexibility index (Phi) is 7.12. The SMILES string of the molecule is COc1ccc(-c2csc(NC(=O)/C=C\c3ccc(OCc4cccc(F)c4)cc3)n2)cc1. The number of anilines is 1. The summed E-state index contributed by atoms with van der Waals surface area (Å²) in [6, 6.07) is 21.2. The monoisotopic (exact) mass is 460 g/mol. The van der Waals surface area contributed by atoms with E-state index >= 15 is 0 Å². The molecule has 0 radical (unpaired) electrons. The number of nitrogens with zero attached hydrogens (tertiary/aromatic N) is 1. The number of hydrogen-bond acceptors (Lipinski definition) is 5. The fourth-order valence-corrected chi connectivity index (χ4v) is 3.74. The van der Waals surface area contributed by atoms with E-state index in [2.05, 4.69) is 10.3 Å². The summed E-state index contributed by atoms with van der Waals surface area (Å²) < 4.78 is 24.1. The third kappa shape index (κ3) is 6.27. The van der Waals surface area contributed by atoms with Gasteiger partial charge in [-0.25, -0.2) is 9.37 Å². The largest absolute Gasteiger partial charge is 0.497 e. The van der Waals surface area contributed by atoms with E-state index in [9.17, 15) is 9.18 Å². The Morgan fingerprint density at radius 3 is 2.55 bits per heavy atom. The number of carbonyl (C=O) groups excluding carboxylic acids is 1. The van der Waals surface area contributed by atoms with Crippen molar-refractivity contribution in [2.24, 2.45) is 0 Å². The molecule has 0 bridgehead atoms. The maximum Gasteiger partial charge on any atom is 0.250 e. The van der Waals surface area contributed by atoms with E-state index in [0.29, 0.717) is 10.9 Å². The van der Waals surface area contributed by atoms with Crippen molar-refractivity contribution in [2.75, 3.05) is 12.4 Å². The van der Waals surface area contributed by atoms with Crippen LogP contribution in [0, 0.1) is 5.82 Å². The molecule has 1 N–H and O–H groups in total. The van der Waals surface area contributed by atoms with Crippen molar-refractivity contribution in [1.82, 2.24) is 4.98 Å². The normalized spacial score (nSPS) is 10.8. The Balaban J connectivity index is 1.30. The molecule has 0 saturated heterocycles. The van der Waals surface area contributed by atoms with Crippen molar-refractivity contribution in [2.45, 2.75) is 6.61 Å². The van der Waals surface area contributed by atoms with Gasteiger partial charge in [-0.1, -0.05) is 24.3 Å². The summed E-state index contributed by atoms with van der Waals surface area (Å²) in [7, 11) is 1.62. The molecule has 1 aromatic heterocycles. The first-order chi connectivity index (χ1) is 16.1. The molecular weight excluding hydrogens is 439 g/mol. The number of rotatable bonds is 8. The van der Waals surface area contributed by atoms with Crippen LogP contribution in [0.5, 0.6) is 11.5 Å². The molecule has 166 valence electrons. The summed E-state index contributed by atoms with van der Waals surface area (Å²) in [5, 5.41) is 5.20. The second-order valence-corrected chi connectivity index (χ2v) is 7.93. The van der Waals surface area contributed by atoms with Gasteiger partial charge in [0.1, 0.15) is 23.9 Å². The van der Waals surface area contributed by atoms with E-state index in [0.717, 1.165) is 28.1 Å². The van der Waals surface area contributed by atoms with Crippen molar-refractivity contribution < 1.29 is 18.7 Å². The smallest absolute Gasteiger partial charge is 0.250 e. The molecule has 4 rings (SSSR count). The Morgan fingerprint density at radius 1 is 1.06 bits per heavy atom. The fraction of sp³-hybridized carbons (Fsp3) is 0.0769. The number of methoxy groups -OCH3 is 1. The Bertz CT molecular complexity index is 1250. The molecule has 0 atom stereocenters. The Labute approximate surface area is 195 Å². The van der Waals surface area contributed by atoms with Gasteiger partial charge < -0.3 is 9.47 Å². The lowest BCUT2D eigenvalue weighted by atomic mass is 10.2. The minimum Gasteiger partial charge on any atom is -0.497 e. The lowest BCUT2D eigenvalue weighted by molar-refractivity contribution is -0.111. The standard InChI is InChI=1S/C26H21FN2O3S/c1-31-22-12-8-20(9-13-22)24-17-33-26(28-24)29-25(30)14-7-18-5-10-23(11-6-18)32-16-19-3-2-4-21(27)15-19/h2-15,17H,16H2,1H3,(H,28,29,30)/b14-7-. The van der Waals surface area contributed by atoms with E-state index in [4.69, 9.17) is 9.47 Å². The van der Waals surface area contributed by atoms with Crippen LogP contribution < -0.4 is 14.8 Å². The van der Waals surface area contributed by atoms with Crippen LogP contribution in [0.1, 0.15) is 11.1 Å². The van der Waals surface area contributed by atoms with Gasteiger partial charge in [0.2, 0.25) is 5.91 Å². The second-order valence-electron chi connectivity index (χ2n) is 7.08. The summed E-state index contributed by atoms with van der Waals surface area (Å²) in [5.41, 5.74) is 3.34. The van der Waals surface area contributed by atoms with Gasteiger partial charge in [0, 0.05) is 17.0 Å². The van der Waals surface area contributed by atoms with E-state index < -0.39 is 0 Å². The number of aromatic nitrogens is 1. The molecule has 7 heteroatoms. The molecule has 4 aromatic rings. The van der Waals surface area contributed by atoms with E-state index in [1.165, 1.54) is 29.5 Å². The summed E-state index contributed by atoms with van der Waals surface area (Å²) in [6.45, 7) is 0.279. The van der Waals surface area contributed by atoms with Crippen LogP contribution >= 0.6 is 11.3 Å². The molecule has 0 aliphatic heterocycles. The van der Waals surface area contributed by atoms with Gasteiger partial charge in [-0.3, -0.25) is 10.1 Å². The molecule has 0 aliphatic rings. The zero-order chi connectivity index (χ0) is 23.0. The third-order valence-corrected chi connectivity index (χ3v) is 5.48. The van der Waals surface area contributed by atoms with Crippen molar-refractivity contribution in [1.29, 1.82) is 0 Å². The molecule has 0 fully saturated rings. The van der Waals surface area contributed by atoms with Crippen LogP contribution in [-0.2, 0) is 11.4 Å². The highest BCUT2D eigenvalue weighted by Crippen LogP contribution is 2.26. The molecule has 0 unspecified atom stereocenters. The highest BCUT2D eigenvalue weighted by molar-refractivity contribution is 7.14. The quantitative estimate of drug-likeness (QED) is 0.319. The van der Waals surface area contributed by atoms with Gasteiger partial charge in [-0.2, -0.15) is 0 Å². The first-order valence-corrected chi connectivity index (χ1v) is 11.0. The number of thiazole rings is 1. The number of ether oxygens (including phenoxy) is 2. The van der Waals surface area contributed by atoms with E-state index in [-0.39, 0.29) is 18.3 Å². The maximum atomic E-state index is 13.2. The van der Waals surface area contributed by atoms with E-state index in [1.807, 2.05) is 41.8 Å². The predicted octanol–water partition coefficient (Wildman–Crippen LogP) is 6.19. The van der Waals surface area contributed by atoms with Crippen molar-refractivity contribution in [3.8, 4) is 22.8 Å². The van der Waals surface area contributed by atoms with Crippen LogP contribution in [0.4, 0.5) is 9.52 Å². The second kappa shape index (κ2) is 10.6. The summed E-state index contributed by atoms with van der Waals surface area (Å²) in [6.07, 6.45) is 3.17. The van der Waals surface area contributed by atoms with Gasteiger partial charge in [-0.15, -0.1) is 11.3 Å². The third-order valence-electron chi connectivity index (χ3n) is 4.72. The molecule has 1 heterocycles.